The molecule has 7 heteroatoms. The highest BCUT2D eigenvalue weighted by Crippen LogP contribution is 2.36. The zero-order valence-electron chi connectivity index (χ0n) is 13.9. The van der Waals surface area contributed by atoms with Gasteiger partial charge in [0.15, 0.2) is 0 Å². The van der Waals surface area contributed by atoms with Crippen molar-refractivity contribution in [3.05, 3.63) is 59.1 Å². The summed E-state index contributed by atoms with van der Waals surface area (Å²) in [5, 5.41) is 3.34. The number of hydrogen-bond acceptors (Lipinski definition) is 4. The van der Waals surface area contributed by atoms with Crippen LogP contribution >= 0.6 is 11.3 Å². The van der Waals surface area contributed by atoms with Crippen LogP contribution in [0, 0.1) is 11.6 Å². The third-order valence-electron chi connectivity index (χ3n) is 4.53. The van der Waals surface area contributed by atoms with Crippen molar-refractivity contribution >= 4 is 33.1 Å². The van der Waals surface area contributed by atoms with Gasteiger partial charge in [0.2, 0.25) is 5.91 Å². The average molecular weight is 373 g/mol. The van der Waals surface area contributed by atoms with Crippen molar-refractivity contribution in [2.75, 3.05) is 18.4 Å². The van der Waals surface area contributed by atoms with Crippen molar-refractivity contribution in [3.63, 3.8) is 0 Å². The quantitative estimate of drug-likeness (QED) is 0.740. The molecule has 1 fully saturated rings. The predicted molar refractivity (Wildman–Crippen MR) is 98.2 cm³/mol. The van der Waals surface area contributed by atoms with Crippen LogP contribution in [0.1, 0.15) is 23.9 Å². The molecule has 1 aliphatic heterocycles. The molecular weight excluding hydrogens is 356 g/mol. The second kappa shape index (κ2) is 7.09. The lowest BCUT2D eigenvalue weighted by molar-refractivity contribution is -0.117. The van der Waals surface area contributed by atoms with Crippen LogP contribution in [0.25, 0.3) is 10.2 Å². The Morgan fingerprint density at radius 3 is 2.73 bits per heavy atom. The number of thiazole rings is 1. The van der Waals surface area contributed by atoms with E-state index in [-0.39, 0.29) is 12.6 Å². The third kappa shape index (κ3) is 3.32. The number of nitrogens with one attached hydrogen (secondary N) is 1. The van der Waals surface area contributed by atoms with Gasteiger partial charge in [0.25, 0.3) is 0 Å². The van der Waals surface area contributed by atoms with Gasteiger partial charge in [-0.05, 0) is 43.7 Å². The van der Waals surface area contributed by atoms with Crippen molar-refractivity contribution in [1.82, 2.24) is 9.88 Å². The summed E-state index contributed by atoms with van der Waals surface area (Å²) in [7, 11) is 0. The maximum atomic E-state index is 13.7. The largest absolute Gasteiger partial charge is 0.320 e. The number of anilines is 1. The van der Waals surface area contributed by atoms with Crippen LogP contribution in [0.2, 0.25) is 0 Å². The number of benzene rings is 2. The molecule has 0 spiro atoms. The molecule has 1 aromatic heterocycles. The predicted octanol–water partition coefficient (Wildman–Crippen LogP) is 4.35. The number of halogens is 2. The Labute approximate surface area is 153 Å². The summed E-state index contributed by atoms with van der Waals surface area (Å²) in [5.74, 6) is -1.98. The van der Waals surface area contributed by atoms with Gasteiger partial charge < -0.3 is 5.32 Å². The Balaban J connectivity index is 1.49. The molecule has 26 heavy (non-hydrogen) atoms. The first-order valence-electron chi connectivity index (χ1n) is 8.45. The van der Waals surface area contributed by atoms with Gasteiger partial charge in [-0.25, -0.2) is 13.8 Å². The molecule has 1 aliphatic rings. The Kier molecular flexibility index (Phi) is 4.65. The van der Waals surface area contributed by atoms with Gasteiger partial charge in [0.05, 0.1) is 22.8 Å². The standard InChI is InChI=1S/C19H17F2N3OS/c20-12-5-3-6-13(21)18(12)23-17(25)11-24-10-4-8-15(24)19-22-14-7-1-2-9-16(14)26-19/h1-3,5-7,9,15H,4,8,10-11H2,(H,23,25)/t15-/m1/s1. The van der Waals surface area contributed by atoms with Gasteiger partial charge in [-0.1, -0.05) is 18.2 Å². The Bertz CT molecular complexity index is 906. The number of para-hydroxylation sites is 2. The van der Waals surface area contributed by atoms with Gasteiger partial charge in [-0.15, -0.1) is 11.3 Å². The molecule has 2 heterocycles. The number of rotatable bonds is 4. The second-order valence-corrected chi connectivity index (χ2v) is 7.36. The molecule has 3 aromatic rings. The molecule has 134 valence electrons. The van der Waals surface area contributed by atoms with E-state index in [1.54, 1.807) is 11.3 Å². The zero-order chi connectivity index (χ0) is 18.1. The Morgan fingerprint density at radius 1 is 1.19 bits per heavy atom. The number of aromatic nitrogens is 1. The van der Waals surface area contributed by atoms with E-state index in [1.807, 2.05) is 29.2 Å². The minimum Gasteiger partial charge on any atom is -0.320 e. The summed E-state index contributed by atoms with van der Waals surface area (Å²) in [6.45, 7) is 0.835. The lowest BCUT2D eigenvalue weighted by Gasteiger charge is -2.22. The van der Waals surface area contributed by atoms with Crippen LogP contribution in [0.4, 0.5) is 14.5 Å². The van der Waals surface area contributed by atoms with E-state index in [0.29, 0.717) is 0 Å². The molecule has 1 saturated heterocycles. The topological polar surface area (TPSA) is 45.2 Å². The molecule has 0 saturated carbocycles. The third-order valence-corrected chi connectivity index (χ3v) is 5.67. The normalized spacial score (nSPS) is 17.7. The molecular formula is C19H17F2N3OS. The lowest BCUT2D eigenvalue weighted by Crippen LogP contribution is -2.33. The number of hydrogen-bond donors (Lipinski definition) is 1. The van der Waals surface area contributed by atoms with E-state index < -0.39 is 23.2 Å². The van der Waals surface area contributed by atoms with E-state index in [1.165, 1.54) is 6.07 Å². The minimum absolute atomic E-state index is 0.0589. The van der Waals surface area contributed by atoms with Crippen LogP contribution in [0.5, 0.6) is 0 Å². The maximum Gasteiger partial charge on any atom is 0.238 e. The fraction of sp³-hybridized carbons (Fsp3) is 0.263. The van der Waals surface area contributed by atoms with Gasteiger partial charge >= 0.3 is 0 Å². The Hall–Kier alpha value is -2.38. The summed E-state index contributed by atoms with van der Waals surface area (Å²) < 4.78 is 28.5. The van der Waals surface area contributed by atoms with Crippen LogP contribution < -0.4 is 5.32 Å². The van der Waals surface area contributed by atoms with Crippen molar-refractivity contribution in [2.24, 2.45) is 0 Å². The number of amides is 1. The zero-order valence-corrected chi connectivity index (χ0v) is 14.7. The van der Waals surface area contributed by atoms with E-state index in [9.17, 15) is 13.6 Å². The highest BCUT2D eigenvalue weighted by Gasteiger charge is 2.30. The van der Waals surface area contributed by atoms with Gasteiger partial charge in [0.1, 0.15) is 22.3 Å². The summed E-state index contributed by atoms with van der Waals surface area (Å²) in [6, 6.07) is 11.5. The molecule has 1 amide bonds. The van der Waals surface area contributed by atoms with Crippen molar-refractivity contribution in [1.29, 1.82) is 0 Å². The summed E-state index contributed by atoms with van der Waals surface area (Å²) in [4.78, 5) is 19.0. The van der Waals surface area contributed by atoms with Crippen LogP contribution in [-0.2, 0) is 4.79 Å². The lowest BCUT2D eigenvalue weighted by atomic mass is 10.2. The molecule has 0 radical (unpaired) electrons. The highest BCUT2D eigenvalue weighted by atomic mass is 32.1. The number of carbonyl (C=O) groups is 1. The van der Waals surface area contributed by atoms with Gasteiger partial charge in [0, 0.05) is 0 Å². The highest BCUT2D eigenvalue weighted by molar-refractivity contribution is 7.18. The molecule has 0 aliphatic carbocycles. The first-order chi connectivity index (χ1) is 12.6. The number of fused-ring (bicyclic) bond motifs is 1. The fourth-order valence-electron chi connectivity index (χ4n) is 3.31. The first kappa shape index (κ1) is 17.1. The van der Waals surface area contributed by atoms with Crippen LogP contribution in [-0.4, -0.2) is 28.9 Å². The van der Waals surface area contributed by atoms with E-state index in [0.717, 1.165) is 46.7 Å². The van der Waals surface area contributed by atoms with Gasteiger partial charge in [-0.2, -0.15) is 0 Å². The maximum absolute atomic E-state index is 13.7. The second-order valence-electron chi connectivity index (χ2n) is 6.29. The smallest absolute Gasteiger partial charge is 0.238 e. The SMILES string of the molecule is O=C(CN1CCC[C@@H]1c1nc2ccccc2s1)Nc1c(F)cccc1F. The molecule has 4 rings (SSSR count). The molecule has 1 N–H and O–H groups in total. The number of carbonyl (C=O) groups excluding carboxylic acids is 1. The first-order valence-corrected chi connectivity index (χ1v) is 9.27. The summed E-state index contributed by atoms with van der Waals surface area (Å²) >= 11 is 1.63. The van der Waals surface area contributed by atoms with Crippen LogP contribution in [0.15, 0.2) is 42.5 Å². The van der Waals surface area contributed by atoms with Crippen molar-refractivity contribution in [3.8, 4) is 0 Å². The molecule has 0 unspecified atom stereocenters. The fourth-order valence-corrected chi connectivity index (χ4v) is 4.45. The molecule has 1 atom stereocenters. The number of nitrogens with zero attached hydrogens (tertiary/aromatic N) is 2. The molecule has 4 nitrogen and oxygen atoms in total. The summed E-state index contributed by atoms with van der Waals surface area (Å²) in [6.07, 6.45) is 1.88. The average Bonchev–Trinajstić information content (AvgIpc) is 3.24. The van der Waals surface area contributed by atoms with Crippen molar-refractivity contribution < 1.29 is 13.6 Å². The van der Waals surface area contributed by atoms with E-state index in [2.05, 4.69) is 10.3 Å². The molecule has 0 bridgehead atoms. The Morgan fingerprint density at radius 2 is 1.96 bits per heavy atom. The summed E-state index contributed by atoms with van der Waals surface area (Å²) in [5.41, 5.74) is 0.561. The van der Waals surface area contributed by atoms with E-state index >= 15 is 0 Å². The van der Waals surface area contributed by atoms with Crippen LogP contribution in [0.3, 0.4) is 0 Å². The molecule has 2 aromatic carbocycles. The minimum atomic E-state index is -0.775. The monoisotopic (exact) mass is 373 g/mol. The van der Waals surface area contributed by atoms with E-state index in [4.69, 9.17) is 0 Å². The van der Waals surface area contributed by atoms with Gasteiger partial charge in [-0.3, -0.25) is 9.69 Å². The number of likely N-dealkylation sites (tertiary alicyclic amines) is 1. The van der Waals surface area contributed by atoms with Crippen molar-refractivity contribution in [2.45, 2.75) is 18.9 Å².